The Kier molecular flexibility index (Phi) is 5.69. The highest BCUT2D eigenvalue weighted by Crippen LogP contribution is 2.24. The van der Waals surface area contributed by atoms with Crippen molar-refractivity contribution in [1.82, 2.24) is 4.90 Å². The van der Waals surface area contributed by atoms with Crippen molar-refractivity contribution in [2.45, 2.75) is 45.4 Å². The zero-order valence-electron chi connectivity index (χ0n) is 9.87. The summed E-state index contributed by atoms with van der Waals surface area (Å²) in [5.74, 6) is 0.615. The third-order valence-corrected chi connectivity index (χ3v) is 3.30. The number of carbonyl (C=O) groups is 1. The third kappa shape index (κ3) is 3.82. The van der Waals surface area contributed by atoms with E-state index < -0.39 is 0 Å². The number of rotatable bonds is 4. The molecule has 3 heteroatoms. The minimum absolute atomic E-state index is 0.277. The number of likely N-dealkylation sites (N-methyl/N-ethyl adjacent to an activating group) is 1. The molecule has 1 aliphatic carbocycles. The minimum atomic E-state index is 0.277. The number of nitrogens with zero attached hydrogens (tertiary/aromatic N) is 1. The predicted molar refractivity (Wildman–Crippen MR) is 62.5 cm³/mol. The van der Waals surface area contributed by atoms with Gasteiger partial charge in [0.1, 0.15) is 0 Å². The number of nitrogens with two attached hydrogens (primary N) is 1. The molecule has 3 nitrogen and oxygen atoms in total. The molecule has 1 saturated carbocycles. The van der Waals surface area contributed by atoms with E-state index in [9.17, 15) is 4.79 Å². The first-order valence-corrected chi connectivity index (χ1v) is 6.28. The van der Waals surface area contributed by atoms with Crippen molar-refractivity contribution in [3.05, 3.63) is 0 Å². The van der Waals surface area contributed by atoms with Gasteiger partial charge in [-0.1, -0.05) is 25.7 Å². The Labute approximate surface area is 93.0 Å². The van der Waals surface area contributed by atoms with Gasteiger partial charge in [0.15, 0.2) is 0 Å². The van der Waals surface area contributed by atoms with Crippen LogP contribution in [0.3, 0.4) is 0 Å². The molecule has 0 heterocycles. The van der Waals surface area contributed by atoms with Gasteiger partial charge < -0.3 is 10.6 Å². The molecule has 88 valence electrons. The van der Waals surface area contributed by atoms with Gasteiger partial charge in [-0.05, 0) is 19.8 Å². The molecule has 0 spiro atoms. The highest BCUT2D eigenvalue weighted by molar-refractivity contribution is 5.78. The smallest absolute Gasteiger partial charge is 0.225 e. The van der Waals surface area contributed by atoms with Crippen molar-refractivity contribution >= 4 is 5.91 Å². The van der Waals surface area contributed by atoms with E-state index in [0.29, 0.717) is 19.0 Å². The molecule has 0 aromatic rings. The van der Waals surface area contributed by atoms with Crippen LogP contribution in [0.5, 0.6) is 0 Å². The van der Waals surface area contributed by atoms with Crippen molar-refractivity contribution in [3.8, 4) is 0 Å². The first-order chi connectivity index (χ1) is 7.29. The Morgan fingerprint density at radius 1 is 1.27 bits per heavy atom. The van der Waals surface area contributed by atoms with E-state index in [1.807, 2.05) is 11.8 Å². The largest absolute Gasteiger partial charge is 0.341 e. The summed E-state index contributed by atoms with van der Waals surface area (Å²) in [4.78, 5) is 14.1. The summed E-state index contributed by atoms with van der Waals surface area (Å²) in [7, 11) is 0. The molecular formula is C12H24N2O. The minimum Gasteiger partial charge on any atom is -0.341 e. The van der Waals surface area contributed by atoms with Gasteiger partial charge in [-0.2, -0.15) is 0 Å². The van der Waals surface area contributed by atoms with Gasteiger partial charge in [0, 0.05) is 25.6 Å². The average molecular weight is 212 g/mol. The van der Waals surface area contributed by atoms with Gasteiger partial charge in [-0.3, -0.25) is 4.79 Å². The summed E-state index contributed by atoms with van der Waals surface area (Å²) in [5, 5.41) is 0. The number of amides is 1. The van der Waals surface area contributed by atoms with Crippen LogP contribution >= 0.6 is 0 Å². The van der Waals surface area contributed by atoms with Crippen LogP contribution in [-0.2, 0) is 4.79 Å². The summed E-state index contributed by atoms with van der Waals surface area (Å²) in [5.41, 5.74) is 5.51. The van der Waals surface area contributed by atoms with Gasteiger partial charge in [0.2, 0.25) is 5.91 Å². The van der Waals surface area contributed by atoms with E-state index in [2.05, 4.69) is 0 Å². The van der Waals surface area contributed by atoms with Crippen LogP contribution in [0.15, 0.2) is 0 Å². The van der Waals surface area contributed by atoms with Gasteiger partial charge in [0.05, 0.1) is 0 Å². The van der Waals surface area contributed by atoms with Crippen LogP contribution < -0.4 is 5.73 Å². The average Bonchev–Trinajstić information content (AvgIpc) is 2.53. The van der Waals surface area contributed by atoms with E-state index >= 15 is 0 Å². The van der Waals surface area contributed by atoms with Crippen molar-refractivity contribution in [2.75, 3.05) is 19.6 Å². The third-order valence-electron chi connectivity index (χ3n) is 3.30. The molecule has 0 unspecified atom stereocenters. The standard InChI is InChI=1S/C12H24N2O/c1-2-14(10-9-13)12(15)11-7-5-3-4-6-8-11/h11H,2-10,13H2,1H3. The van der Waals surface area contributed by atoms with Gasteiger partial charge >= 0.3 is 0 Å². The first kappa shape index (κ1) is 12.5. The summed E-state index contributed by atoms with van der Waals surface area (Å²) in [6.07, 6.45) is 7.20. The Balaban J connectivity index is 2.47. The molecule has 0 saturated heterocycles. The molecule has 2 N–H and O–H groups in total. The lowest BCUT2D eigenvalue weighted by Gasteiger charge is -2.25. The van der Waals surface area contributed by atoms with Crippen molar-refractivity contribution in [2.24, 2.45) is 11.7 Å². The number of carbonyl (C=O) groups excluding carboxylic acids is 1. The molecule has 1 rings (SSSR count). The predicted octanol–water partition coefficient (Wildman–Crippen LogP) is 1.76. The Morgan fingerprint density at radius 2 is 1.87 bits per heavy atom. The second kappa shape index (κ2) is 6.83. The summed E-state index contributed by atoms with van der Waals surface area (Å²) >= 11 is 0. The van der Waals surface area contributed by atoms with Crippen molar-refractivity contribution in [3.63, 3.8) is 0 Å². The summed E-state index contributed by atoms with van der Waals surface area (Å²) in [6, 6.07) is 0. The van der Waals surface area contributed by atoms with E-state index in [1.165, 1.54) is 25.7 Å². The molecule has 15 heavy (non-hydrogen) atoms. The Bertz CT molecular complexity index is 186. The molecule has 1 fully saturated rings. The molecule has 1 amide bonds. The van der Waals surface area contributed by atoms with Crippen molar-refractivity contribution in [1.29, 1.82) is 0 Å². The SMILES string of the molecule is CCN(CCN)C(=O)C1CCCCCC1. The van der Waals surface area contributed by atoms with Crippen LogP contribution in [0.2, 0.25) is 0 Å². The molecule has 0 radical (unpaired) electrons. The monoisotopic (exact) mass is 212 g/mol. The fourth-order valence-corrected chi connectivity index (χ4v) is 2.36. The lowest BCUT2D eigenvalue weighted by atomic mass is 9.98. The molecule has 0 aromatic heterocycles. The Morgan fingerprint density at radius 3 is 2.33 bits per heavy atom. The first-order valence-electron chi connectivity index (χ1n) is 6.28. The molecule has 0 aromatic carbocycles. The topological polar surface area (TPSA) is 46.3 Å². The Hall–Kier alpha value is -0.570. The van der Waals surface area contributed by atoms with Crippen LogP contribution in [0, 0.1) is 5.92 Å². The highest BCUT2D eigenvalue weighted by Gasteiger charge is 2.23. The second-order valence-corrected chi connectivity index (χ2v) is 4.40. The molecule has 0 aliphatic heterocycles. The summed E-state index contributed by atoms with van der Waals surface area (Å²) < 4.78 is 0. The molecule has 0 bridgehead atoms. The molecule has 1 aliphatic rings. The quantitative estimate of drug-likeness (QED) is 0.722. The lowest BCUT2D eigenvalue weighted by Crippen LogP contribution is -2.39. The normalized spacial score (nSPS) is 18.5. The lowest BCUT2D eigenvalue weighted by molar-refractivity contribution is -0.135. The van der Waals surface area contributed by atoms with Crippen LogP contribution in [-0.4, -0.2) is 30.4 Å². The van der Waals surface area contributed by atoms with E-state index in [0.717, 1.165) is 19.4 Å². The van der Waals surface area contributed by atoms with E-state index in [1.54, 1.807) is 0 Å². The molecular weight excluding hydrogens is 188 g/mol. The fourth-order valence-electron chi connectivity index (χ4n) is 2.36. The van der Waals surface area contributed by atoms with Gasteiger partial charge in [-0.15, -0.1) is 0 Å². The fraction of sp³-hybridized carbons (Fsp3) is 0.917. The van der Waals surface area contributed by atoms with Gasteiger partial charge in [-0.25, -0.2) is 0 Å². The zero-order valence-corrected chi connectivity index (χ0v) is 9.87. The highest BCUT2D eigenvalue weighted by atomic mass is 16.2. The van der Waals surface area contributed by atoms with Crippen LogP contribution in [0.4, 0.5) is 0 Å². The van der Waals surface area contributed by atoms with Crippen molar-refractivity contribution < 1.29 is 4.79 Å². The maximum Gasteiger partial charge on any atom is 0.225 e. The van der Waals surface area contributed by atoms with Crippen LogP contribution in [0.25, 0.3) is 0 Å². The van der Waals surface area contributed by atoms with Crippen LogP contribution in [0.1, 0.15) is 45.4 Å². The molecule has 0 atom stereocenters. The second-order valence-electron chi connectivity index (χ2n) is 4.40. The number of hydrogen-bond donors (Lipinski definition) is 1. The maximum absolute atomic E-state index is 12.1. The zero-order chi connectivity index (χ0) is 11.1. The van der Waals surface area contributed by atoms with E-state index in [-0.39, 0.29) is 5.92 Å². The summed E-state index contributed by atoms with van der Waals surface area (Å²) in [6.45, 7) is 4.12. The van der Waals surface area contributed by atoms with Gasteiger partial charge in [0.25, 0.3) is 0 Å². The van der Waals surface area contributed by atoms with E-state index in [4.69, 9.17) is 5.73 Å². The maximum atomic E-state index is 12.1. The number of hydrogen-bond acceptors (Lipinski definition) is 2.